The maximum Gasteiger partial charge on any atom is 0.222 e. The third kappa shape index (κ3) is 2.82. The summed E-state index contributed by atoms with van der Waals surface area (Å²) in [4.78, 5) is 16.1. The van der Waals surface area contributed by atoms with Gasteiger partial charge in [0.2, 0.25) is 5.91 Å². The normalized spacial score (nSPS) is 24.1. The van der Waals surface area contributed by atoms with Gasteiger partial charge in [0.05, 0.1) is 0 Å². The molecule has 0 aromatic rings. The van der Waals surface area contributed by atoms with Crippen LogP contribution < -0.4 is 0 Å². The van der Waals surface area contributed by atoms with Gasteiger partial charge in [-0.1, -0.05) is 20.8 Å². The number of piperidine rings is 1. The molecule has 1 amide bonds. The van der Waals surface area contributed by atoms with Crippen molar-refractivity contribution in [3.05, 3.63) is 0 Å². The highest BCUT2D eigenvalue weighted by molar-refractivity contribution is 5.76. The van der Waals surface area contributed by atoms with Gasteiger partial charge in [0, 0.05) is 25.6 Å². The Morgan fingerprint density at radius 1 is 1.24 bits per heavy atom. The fraction of sp³-hybridized carbons (Fsp3) is 0.929. The summed E-state index contributed by atoms with van der Waals surface area (Å²) in [5, 5.41) is 0. The SMILES string of the molecule is CCC(=O)N1CC(N2CCC(C(C)C)CC2)C1. The first-order valence-electron chi connectivity index (χ1n) is 7.13. The van der Waals surface area contributed by atoms with Crippen LogP contribution in [-0.2, 0) is 4.79 Å². The average molecular weight is 238 g/mol. The second kappa shape index (κ2) is 5.38. The molecule has 0 aliphatic carbocycles. The van der Waals surface area contributed by atoms with Crippen LogP contribution in [-0.4, -0.2) is 47.9 Å². The Kier molecular flexibility index (Phi) is 4.08. The van der Waals surface area contributed by atoms with E-state index < -0.39 is 0 Å². The van der Waals surface area contributed by atoms with Crippen molar-refractivity contribution in [3.63, 3.8) is 0 Å². The van der Waals surface area contributed by atoms with E-state index in [1.165, 1.54) is 25.9 Å². The van der Waals surface area contributed by atoms with Crippen LogP contribution >= 0.6 is 0 Å². The van der Waals surface area contributed by atoms with Crippen LogP contribution in [0.3, 0.4) is 0 Å². The Balaban J connectivity index is 1.71. The predicted octanol–water partition coefficient (Wildman–Crippen LogP) is 1.98. The van der Waals surface area contributed by atoms with Crippen LogP contribution in [0.2, 0.25) is 0 Å². The number of amides is 1. The van der Waals surface area contributed by atoms with E-state index in [1.807, 2.05) is 11.8 Å². The summed E-state index contributed by atoms with van der Waals surface area (Å²) >= 11 is 0. The minimum atomic E-state index is 0.318. The molecular weight excluding hydrogens is 212 g/mol. The zero-order valence-corrected chi connectivity index (χ0v) is 11.5. The maximum atomic E-state index is 11.5. The number of hydrogen-bond acceptors (Lipinski definition) is 2. The monoisotopic (exact) mass is 238 g/mol. The lowest BCUT2D eigenvalue weighted by Crippen LogP contribution is -2.62. The molecule has 3 nitrogen and oxygen atoms in total. The van der Waals surface area contributed by atoms with Crippen molar-refractivity contribution in [1.82, 2.24) is 9.80 Å². The van der Waals surface area contributed by atoms with Crippen LogP contribution in [0.15, 0.2) is 0 Å². The van der Waals surface area contributed by atoms with Crippen molar-refractivity contribution in [2.45, 2.75) is 46.1 Å². The third-order valence-corrected chi connectivity index (χ3v) is 4.55. The first-order valence-corrected chi connectivity index (χ1v) is 7.13. The van der Waals surface area contributed by atoms with Crippen LogP contribution in [0.25, 0.3) is 0 Å². The molecule has 0 bridgehead atoms. The van der Waals surface area contributed by atoms with Crippen molar-refractivity contribution < 1.29 is 4.79 Å². The van der Waals surface area contributed by atoms with Gasteiger partial charge in [-0.25, -0.2) is 0 Å². The fourth-order valence-corrected chi connectivity index (χ4v) is 3.06. The molecule has 0 spiro atoms. The van der Waals surface area contributed by atoms with E-state index in [0.717, 1.165) is 24.9 Å². The molecule has 0 radical (unpaired) electrons. The highest BCUT2D eigenvalue weighted by atomic mass is 16.2. The Morgan fingerprint density at radius 3 is 2.29 bits per heavy atom. The first kappa shape index (κ1) is 12.9. The molecule has 2 aliphatic heterocycles. The lowest BCUT2D eigenvalue weighted by atomic mass is 9.86. The smallest absolute Gasteiger partial charge is 0.222 e. The van der Waals surface area contributed by atoms with E-state index in [0.29, 0.717) is 18.4 Å². The Hall–Kier alpha value is -0.570. The zero-order valence-electron chi connectivity index (χ0n) is 11.5. The van der Waals surface area contributed by atoms with Gasteiger partial charge in [0.1, 0.15) is 0 Å². The van der Waals surface area contributed by atoms with Crippen molar-refractivity contribution in [2.75, 3.05) is 26.2 Å². The van der Waals surface area contributed by atoms with Crippen molar-refractivity contribution in [2.24, 2.45) is 11.8 Å². The second-order valence-corrected chi connectivity index (χ2v) is 5.92. The lowest BCUT2D eigenvalue weighted by molar-refractivity contribution is -0.138. The molecule has 0 saturated carbocycles. The molecule has 2 aliphatic rings. The maximum absolute atomic E-state index is 11.5. The van der Waals surface area contributed by atoms with Crippen molar-refractivity contribution in [1.29, 1.82) is 0 Å². The molecule has 3 heteroatoms. The third-order valence-electron chi connectivity index (χ3n) is 4.55. The molecule has 0 atom stereocenters. The highest BCUT2D eigenvalue weighted by Gasteiger charge is 2.35. The van der Waals surface area contributed by atoms with E-state index in [1.54, 1.807) is 0 Å². The summed E-state index contributed by atoms with van der Waals surface area (Å²) in [5.74, 6) is 2.06. The summed E-state index contributed by atoms with van der Waals surface area (Å²) in [6.07, 6.45) is 3.34. The Bertz CT molecular complexity index is 263. The molecule has 2 fully saturated rings. The Morgan fingerprint density at radius 2 is 1.82 bits per heavy atom. The van der Waals surface area contributed by atoms with Crippen molar-refractivity contribution in [3.8, 4) is 0 Å². The largest absolute Gasteiger partial charge is 0.339 e. The first-order chi connectivity index (χ1) is 8.11. The van der Waals surface area contributed by atoms with E-state index in [4.69, 9.17) is 0 Å². The molecule has 0 aromatic carbocycles. The molecular formula is C14H26N2O. The quantitative estimate of drug-likeness (QED) is 0.750. The number of likely N-dealkylation sites (tertiary alicyclic amines) is 2. The van der Waals surface area contributed by atoms with Crippen LogP contribution in [0.4, 0.5) is 0 Å². The van der Waals surface area contributed by atoms with E-state index in [-0.39, 0.29) is 0 Å². The lowest BCUT2D eigenvalue weighted by Gasteiger charge is -2.48. The number of hydrogen-bond donors (Lipinski definition) is 0. The van der Waals surface area contributed by atoms with Crippen LogP contribution in [0, 0.1) is 11.8 Å². The summed E-state index contributed by atoms with van der Waals surface area (Å²) in [6, 6.07) is 0.651. The van der Waals surface area contributed by atoms with Crippen LogP contribution in [0.1, 0.15) is 40.0 Å². The molecule has 98 valence electrons. The summed E-state index contributed by atoms with van der Waals surface area (Å²) in [6.45, 7) is 11.0. The zero-order chi connectivity index (χ0) is 12.4. The molecule has 2 saturated heterocycles. The number of carbonyl (C=O) groups is 1. The average Bonchev–Trinajstić information content (AvgIpc) is 2.27. The fourth-order valence-electron chi connectivity index (χ4n) is 3.06. The molecule has 2 heterocycles. The highest BCUT2D eigenvalue weighted by Crippen LogP contribution is 2.27. The molecule has 17 heavy (non-hydrogen) atoms. The number of nitrogens with zero attached hydrogens (tertiary/aromatic N) is 2. The van der Waals surface area contributed by atoms with Crippen LogP contribution in [0.5, 0.6) is 0 Å². The summed E-state index contributed by atoms with van der Waals surface area (Å²) in [5.41, 5.74) is 0. The molecule has 2 rings (SSSR count). The van der Waals surface area contributed by atoms with E-state index in [2.05, 4.69) is 18.7 Å². The van der Waals surface area contributed by atoms with E-state index >= 15 is 0 Å². The molecule has 0 unspecified atom stereocenters. The minimum Gasteiger partial charge on any atom is -0.339 e. The predicted molar refractivity (Wildman–Crippen MR) is 69.8 cm³/mol. The van der Waals surface area contributed by atoms with Gasteiger partial charge in [-0.05, 0) is 37.8 Å². The van der Waals surface area contributed by atoms with Gasteiger partial charge in [-0.15, -0.1) is 0 Å². The topological polar surface area (TPSA) is 23.6 Å². The van der Waals surface area contributed by atoms with E-state index in [9.17, 15) is 4.79 Å². The van der Waals surface area contributed by atoms with Gasteiger partial charge in [-0.3, -0.25) is 9.69 Å². The summed E-state index contributed by atoms with van der Waals surface area (Å²) < 4.78 is 0. The number of rotatable bonds is 3. The van der Waals surface area contributed by atoms with Crippen molar-refractivity contribution >= 4 is 5.91 Å². The minimum absolute atomic E-state index is 0.318. The Labute approximate surface area is 105 Å². The molecule has 0 N–H and O–H groups in total. The van der Waals surface area contributed by atoms with Gasteiger partial charge >= 0.3 is 0 Å². The summed E-state index contributed by atoms with van der Waals surface area (Å²) in [7, 11) is 0. The number of carbonyl (C=O) groups excluding carboxylic acids is 1. The van der Waals surface area contributed by atoms with Gasteiger partial charge < -0.3 is 4.90 Å². The van der Waals surface area contributed by atoms with Gasteiger partial charge in [-0.2, -0.15) is 0 Å². The van der Waals surface area contributed by atoms with Gasteiger partial charge in [0.15, 0.2) is 0 Å². The van der Waals surface area contributed by atoms with Gasteiger partial charge in [0.25, 0.3) is 0 Å². The standard InChI is InChI=1S/C14H26N2O/c1-4-14(17)16-9-13(10-16)15-7-5-12(6-8-15)11(2)3/h11-13H,4-10H2,1-3H3. The second-order valence-electron chi connectivity index (χ2n) is 5.92. The molecule has 0 aromatic heterocycles.